The van der Waals surface area contributed by atoms with E-state index in [-0.39, 0.29) is 0 Å². The molecule has 4 heteroatoms. The van der Waals surface area contributed by atoms with Gasteiger partial charge in [-0.2, -0.15) is 0 Å². The molecule has 2 aromatic heterocycles. The molecule has 0 spiro atoms. The number of nitrogens with one attached hydrogen (secondary N) is 1. The number of nitrogens with two attached hydrogens (primary N) is 1. The van der Waals surface area contributed by atoms with Gasteiger partial charge in [-0.3, -0.25) is 4.98 Å². The van der Waals surface area contributed by atoms with Crippen molar-refractivity contribution in [3.63, 3.8) is 0 Å². The second-order valence-corrected chi connectivity index (χ2v) is 5.00. The molecule has 3 N–H and O–H groups in total. The summed E-state index contributed by atoms with van der Waals surface area (Å²) in [5, 5.41) is 1.14. The highest BCUT2D eigenvalue weighted by molar-refractivity contribution is 9.10. The lowest BCUT2D eigenvalue weighted by molar-refractivity contribution is 1.02. The molecule has 0 aliphatic heterocycles. The predicted molar refractivity (Wildman–Crippen MR) is 77.1 cm³/mol. The first-order valence-electron chi connectivity index (χ1n) is 5.71. The third kappa shape index (κ3) is 1.83. The lowest BCUT2D eigenvalue weighted by Gasteiger charge is -2.02. The van der Waals surface area contributed by atoms with E-state index in [0.29, 0.717) is 6.54 Å². The standard InChI is InChI=1S/C14H12BrN3/c15-9-4-5-11-10(7-9)14(13(8-16)18-11)12-3-1-2-6-17-12/h1-7,18H,8,16H2. The van der Waals surface area contributed by atoms with E-state index in [4.69, 9.17) is 5.73 Å². The molecule has 0 bridgehead atoms. The first-order chi connectivity index (χ1) is 8.79. The van der Waals surface area contributed by atoms with E-state index in [1.807, 2.05) is 30.3 Å². The van der Waals surface area contributed by atoms with E-state index in [9.17, 15) is 0 Å². The Morgan fingerprint density at radius 1 is 1.22 bits per heavy atom. The highest BCUT2D eigenvalue weighted by Gasteiger charge is 2.13. The van der Waals surface area contributed by atoms with E-state index in [2.05, 4.69) is 32.0 Å². The van der Waals surface area contributed by atoms with Gasteiger partial charge in [-0.25, -0.2) is 0 Å². The molecule has 90 valence electrons. The summed E-state index contributed by atoms with van der Waals surface area (Å²) in [6.07, 6.45) is 1.80. The first kappa shape index (κ1) is 11.4. The lowest BCUT2D eigenvalue weighted by Crippen LogP contribution is -1.98. The molecule has 0 unspecified atom stereocenters. The average molecular weight is 302 g/mol. The van der Waals surface area contributed by atoms with Gasteiger partial charge in [0.15, 0.2) is 0 Å². The zero-order valence-electron chi connectivity index (χ0n) is 9.65. The van der Waals surface area contributed by atoms with Crippen LogP contribution in [0.1, 0.15) is 5.69 Å². The van der Waals surface area contributed by atoms with Crippen LogP contribution in [-0.2, 0) is 6.54 Å². The van der Waals surface area contributed by atoms with Gasteiger partial charge in [0.05, 0.1) is 5.69 Å². The number of H-pyrrole nitrogens is 1. The Labute approximate surface area is 113 Å². The Hall–Kier alpha value is -1.65. The van der Waals surface area contributed by atoms with Crippen LogP contribution in [0.15, 0.2) is 47.1 Å². The molecular formula is C14H12BrN3. The van der Waals surface area contributed by atoms with Crippen LogP contribution >= 0.6 is 15.9 Å². The summed E-state index contributed by atoms with van der Waals surface area (Å²) in [6.45, 7) is 0.470. The molecule has 0 aliphatic rings. The number of hydrogen-bond acceptors (Lipinski definition) is 2. The summed E-state index contributed by atoms with van der Waals surface area (Å²) in [7, 11) is 0. The smallest absolute Gasteiger partial charge is 0.0726 e. The number of rotatable bonds is 2. The quantitative estimate of drug-likeness (QED) is 0.762. The molecule has 2 heterocycles. The number of nitrogens with zero attached hydrogens (tertiary/aromatic N) is 1. The summed E-state index contributed by atoms with van der Waals surface area (Å²) in [5.41, 5.74) is 9.96. The van der Waals surface area contributed by atoms with Gasteiger partial charge in [0.2, 0.25) is 0 Å². The van der Waals surface area contributed by atoms with E-state index in [1.54, 1.807) is 6.20 Å². The Kier molecular flexibility index (Phi) is 2.89. The Morgan fingerprint density at radius 2 is 2.11 bits per heavy atom. The van der Waals surface area contributed by atoms with Crippen LogP contribution in [0.3, 0.4) is 0 Å². The van der Waals surface area contributed by atoms with Gasteiger partial charge in [0.25, 0.3) is 0 Å². The fourth-order valence-corrected chi connectivity index (χ4v) is 2.54. The number of halogens is 1. The molecule has 0 saturated carbocycles. The van der Waals surface area contributed by atoms with Crippen molar-refractivity contribution in [2.75, 3.05) is 0 Å². The molecule has 0 amide bonds. The van der Waals surface area contributed by atoms with E-state index < -0.39 is 0 Å². The predicted octanol–water partition coefficient (Wildman–Crippen LogP) is 3.45. The zero-order valence-corrected chi connectivity index (χ0v) is 11.2. The summed E-state index contributed by atoms with van der Waals surface area (Å²) in [5.74, 6) is 0. The third-order valence-corrected chi connectivity index (χ3v) is 3.46. The van der Waals surface area contributed by atoms with Crippen molar-refractivity contribution < 1.29 is 0 Å². The average Bonchev–Trinajstić information content (AvgIpc) is 2.77. The van der Waals surface area contributed by atoms with Crippen LogP contribution in [0.25, 0.3) is 22.2 Å². The van der Waals surface area contributed by atoms with Crippen LogP contribution < -0.4 is 5.73 Å². The minimum absolute atomic E-state index is 0.470. The first-order valence-corrected chi connectivity index (χ1v) is 6.50. The monoisotopic (exact) mass is 301 g/mol. The Morgan fingerprint density at radius 3 is 2.83 bits per heavy atom. The molecule has 0 aliphatic carbocycles. The molecule has 3 rings (SSSR count). The molecule has 0 atom stereocenters. The Bertz CT molecular complexity index is 689. The minimum Gasteiger partial charge on any atom is -0.357 e. The molecule has 3 aromatic rings. The molecule has 18 heavy (non-hydrogen) atoms. The van der Waals surface area contributed by atoms with Crippen molar-refractivity contribution in [1.29, 1.82) is 0 Å². The summed E-state index contributed by atoms with van der Waals surface area (Å²) >= 11 is 3.50. The number of benzene rings is 1. The molecule has 0 radical (unpaired) electrons. The number of fused-ring (bicyclic) bond motifs is 1. The van der Waals surface area contributed by atoms with Crippen LogP contribution in [0, 0.1) is 0 Å². The van der Waals surface area contributed by atoms with Crippen molar-refractivity contribution in [3.05, 3.63) is 52.8 Å². The van der Waals surface area contributed by atoms with Crippen molar-refractivity contribution in [3.8, 4) is 11.3 Å². The summed E-state index contributed by atoms with van der Waals surface area (Å²) in [6, 6.07) is 12.1. The fourth-order valence-electron chi connectivity index (χ4n) is 2.18. The molecule has 3 nitrogen and oxygen atoms in total. The second-order valence-electron chi connectivity index (χ2n) is 4.09. The van der Waals surface area contributed by atoms with Gasteiger partial charge in [0.1, 0.15) is 0 Å². The zero-order chi connectivity index (χ0) is 12.5. The second kappa shape index (κ2) is 4.55. The molecular weight excluding hydrogens is 290 g/mol. The van der Waals surface area contributed by atoms with Crippen LogP contribution in [-0.4, -0.2) is 9.97 Å². The lowest BCUT2D eigenvalue weighted by atomic mass is 10.1. The highest BCUT2D eigenvalue weighted by atomic mass is 79.9. The maximum atomic E-state index is 5.82. The van der Waals surface area contributed by atoms with Gasteiger partial charge in [0, 0.05) is 39.4 Å². The van der Waals surface area contributed by atoms with E-state index >= 15 is 0 Å². The maximum Gasteiger partial charge on any atom is 0.0726 e. The number of pyridine rings is 1. The SMILES string of the molecule is NCc1[nH]c2ccc(Br)cc2c1-c1ccccn1. The molecule has 0 fully saturated rings. The number of aromatic nitrogens is 2. The van der Waals surface area contributed by atoms with Gasteiger partial charge < -0.3 is 10.7 Å². The maximum absolute atomic E-state index is 5.82. The van der Waals surface area contributed by atoms with Crippen LogP contribution in [0.2, 0.25) is 0 Å². The van der Waals surface area contributed by atoms with Crippen LogP contribution in [0.4, 0.5) is 0 Å². The van der Waals surface area contributed by atoms with Gasteiger partial charge in [-0.1, -0.05) is 22.0 Å². The minimum atomic E-state index is 0.470. The third-order valence-electron chi connectivity index (χ3n) is 2.96. The van der Waals surface area contributed by atoms with Crippen molar-refractivity contribution in [1.82, 2.24) is 9.97 Å². The van der Waals surface area contributed by atoms with Gasteiger partial charge in [-0.05, 0) is 30.3 Å². The molecule has 1 aromatic carbocycles. The van der Waals surface area contributed by atoms with Gasteiger partial charge >= 0.3 is 0 Å². The topological polar surface area (TPSA) is 54.7 Å². The van der Waals surface area contributed by atoms with E-state index in [0.717, 1.165) is 32.3 Å². The summed E-state index contributed by atoms with van der Waals surface area (Å²) < 4.78 is 1.05. The number of aromatic amines is 1. The van der Waals surface area contributed by atoms with E-state index in [1.165, 1.54) is 0 Å². The number of hydrogen-bond donors (Lipinski definition) is 2. The van der Waals surface area contributed by atoms with Gasteiger partial charge in [-0.15, -0.1) is 0 Å². The highest BCUT2D eigenvalue weighted by Crippen LogP contribution is 2.32. The van der Waals surface area contributed by atoms with Crippen molar-refractivity contribution >= 4 is 26.8 Å². The summed E-state index contributed by atoms with van der Waals surface area (Å²) in [4.78, 5) is 7.77. The van der Waals surface area contributed by atoms with Crippen LogP contribution in [0.5, 0.6) is 0 Å². The van der Waals surface area contributed by atoms with Crippen molar-refractivity contribution in [2.24, 2.45) is 5.73 Å². The fraction of sp³-hybridized carbons (Fsp3) is 0.0714. The largest absolute Gasteiger partial charge is 0.357 e. The normalized spacial score (nSPS) is 11.0. The molecule has 0 saturated heterocycles. The van der Waals surface area contributed by atoms with Crippen molar-refractivity contribution in [2.45, 2.75) is 6.54 Å². The Balaban J connectivity index is 2.35.